The van der Waals surface area contributed by atoms with Crippen LogP contribution in [-0.4, -0.2) is 45.2 Å². The number of anilines is 1. The van der Waals surface area contributed by atoms with E-state index in [1.165, 1.54) is 24.3 Å². The summed E-state index contributed by atoms with van der Waals surface area (Å²) in [5.74, 6) is -0.586. The van der Waals surface area contributed by atoms with Crippen LogP contribution >= 0.6 is 0 Å². The number of rotatable bonds is 9. The molecule has 0 unspecified atom stereocenters. The number of hydrogen-bond acceptors (Lipinski definition) is 4. The van der Waals surface area contributed by atoms with Gasteiger partial charge in [0.05, 0.1) is 17.1 Å². The van der Waals surface area contributed by atoms with Crippen LogP contribution in [0, 0.1) is 5.92 Å². The molecule has 1 fully saturated rings. The Bertz CT molecular complexity index is 1220. The second-order valence-electron chi connectivity index (χ2n) is 8.75. The van der Waals surface area contributed by atoms with Gasteiger partial charge in [-0.2, -0.15) is 39.5 Å². The van der Waals surface area contributed by atoms with E-state index in [1.54, 1.807) is 0 Å². The number of nitrogens with one attached hydrogen (secondary N) is 1. The van der Waals surface area contributed by atoms with Gasteiger partial charge in [0, 0.05) is 11.3 Å². The maximum Gasteiger partial charge on any atom is 0.430 e. The maximum absolute atomic E-state index is 13.5. The number of halogens is 9. The highest BCUT2D eigenvalue weighted by molar-refractivity contribution is 7.91. The minimum Gasteiger partial charge on any atom is -0.344 e. The predicted molar refractivity (Wildman–Crippen MR) is 116 cm³/mol. The van der Waals surface area contributed by atoms with E-state index in [2.05, 4.69) is 10.1 Å². The van der Waals surface area contributed by atoms with Gasteiger partial charge < -0.3 is 10.1 Å². The zero-order valence-electron chi connectivity index (χ0n) is 19.2. The first-order chi connectivity index (χ1) is 17.3. The highest BCUT2D eigenvalue weighted by Crippen LogP contribution is 2.53. The summed E-state index contributed by atoms with van der Waals surface area (Å²) >= 11 is 0. The second-order valence-corrected chi connectivity index (χ2v) is 10.8. The highest BCUT2D eigenvalue weighted by Gasteiger charge is 2.74. The van der Waals surface area contributed by atoms with E-state index in [1.807, 2.05) is 0 Å². The van der Waals surface area contributed by atoms with E-state index in [-0.39, 0.29) is 40.8 Å². The first-order valence-electron chi connectivity index (χ1n) is 10.9. The molecule has 0 spiro atoms. The summed E-state index contributed by atoms with van der Waals surface area (Å²) < 4.78 is 147. The van der Waals surface area contributed by atoms with Crippen LogP contribution in [0.1, 0.15) is 24.0 Å². The van der Waals surface area contributed by atoms with E-state index < -0.39 is 52.0 Å². The largest absolute Gasteiger partial charge is 0.430 e. The third-order valence-electron chi connectivity index (χ3n) is 5.63. The molecule has 2 aromatic rings. The Morgan fingerprint density at radius 2 is 1.37 bits per heavy atom. The van der Waals surface area contributed by atoms with Gasteiger partial charge in [-0.3, -0.25) is 4.79 Å². The van der Waals surface area contributed by atoms with Gasteiger partial charge in [0.15, 0.2) is 9.84 Å². The lowest BCUT2D eigenvalue weighted by atomic mass is 9.91. The smallest absolute Gasteiger partial charge is 0.344 e. The second kappa shape index (κ2) is 10.4. The summed E-state index contributed by atoms with van der Waals surface area (Å²) in [4.78, 5) is 12.4. The molecule has 0 aliphatic heterocycles. The van der Waals surface area contributed by atoms with Gasteiger partial charge in [0.25, 0.3) is 5.60 Å². The molecule has 3 rings (SSSR count). The molecule has 0 saturated heterocycles. The van der Waals surface area contributed by atoms with Gasteiger partial charge in [-0.1, -0.05) is 24.3 Å². The molecule has 0 aromatic heterocycles. The molecule has 1 aliphatic carbocycles. The summed E-state index contributed by atoms with van der Waals surface area (Å²) in [6, 6.07) is 7.25. The van der Waals surface area contributed by atoms with Crippen LogP contribution in [-0.2, 0) is 31.4 Å². The molecule has 5 nitrogen and oxygen atoms in total. The lowest BCUT2D eigenvalue weighted by molar-refractivity contribution is -0.400. The molecule has 0 bridgehead atoms. The molecular weight excluding hydrogens is 557 g/mol. The summed E-state index contributed by atoms with van der Waals surface area (Å²) in [5.41, 5.74) is -6.79. The SMILES string of the molecule is O=C(Cc1ccc(S(=O)(=O)CC2CC2)cc1)Nc1ccc(C(OCC(F)(F)F)(C(F)(F)F)C(F)(F)F)cc1. The first-order valence-corrected chi connectivity index (χ1v) is 12.6. The van der Waals surface area contributed by atoms with Crippen molar-refractivity contribution >= 4 is 21.4 Å². The van der Waals surface area contributed by atoms with Crippen molar-refractivity contribution in [3.05, 3.63) is 59.7 Å². The number of sulfone groups is 1. The number of amides is 1. The van der Waals surface area contributed by atoms with Crippen LogP contribution in [0.5, 0.6) is 0 Å². The van der Waals surface area contributed by atoms with Gasteiger partial charge in [0.2, 0.25) is 5.91 Å². The maximum atomic E-state index is 13.5. The third-order valence-corrected chi connectivity index (χ3v) is 7.53. The normalized spacial score (nSPS) is 15.4. The van der Waals surface area contributed by atoms with Gasteiger partial charge in [0.1, 0.15) is 6.61 Å². The van der Waals surface area contributed by atoms with Gasteiger partial charge in [-0.25, -0.2) is 8.42 Å². The number of alkyl halides is 9. The molecule has 0 heterocycles. The van der Waals surface area contributed by atoms with E-state index in [0.717, 1.165) is 12.8 Å². The molecule has 1 aliphatic rings. The Kier molecular flexibility index (Phi) is 8.14. The van der Waals surface area contributed by atoms with Crippen LogP contribution in [0.2, 0.25) is 0 Å². The fourth-order valence-corrected chi connectivity index (χ4v) is 5.31. The fourth-order valence-electron chi connectivity index (χ4n) is 3.61. The van der Waals surface area contributed by atoms with Crippen LogP contribution in [0.25, 0.3) is 0 Å². The number of carbonyl (C=O) groups is 1. The standard InChI is InChI=1S/C23H20F9NO4S/c24-20(25,26)13-37-21(22(27,28)29,23(30,31)32)16-5-7-17(8-6-16)33-19(34)11-14-3-9-18(10-4-14)38(35,36)12-15-1-2-15/h3-10,15H,1-2,11-13H2,(H,33,34). The lowest BCUT2D eigenvalue weighted by Gasteiger charge is -2.37. The quantitative estimate of drug-likeness (QED) is 0.374. The highest BCUT2D eigenvalue weighted by atomic mass is 32.2. The van der Waals surface area contributed by atoms with E-state index in [9.17, 15) is 52.7 Å². The molecule has 1 saturated carbocycles. The summed E-state index contributed by atoms with van der Waals surface area (Å²) in [7, 11) is -3.47. The Morgan fingerprint density at radius 3 is 1.82 bits per heavy atom. The van der Waals surface area contributed by atoms with Crippen molar-refractivity contribution in [3.8, 4) is 0 Å². The van der Waals surface area contributed by atoms with Crippen LogP contribution in [0.4, 0.5) is 45.2 Å². The molecule has 38 heavy (non-hydrogen) atoms. The van der Waals surface area contributed by atoms with Gasteiger partial charge >= 0.3 is 18.5 Å². The molecule has 1 N–H and O–H groups in total. The number of ether oxygens (including phenoxy) is 1. The van der Waals surface area contributed by atoms with Gasteiger partial charge in [-0.15, -0.1) is 0 Å². The van der Waals surface area contributed by atoms with Crippen LogP contribution in [0.3, 0.4) is 0 Å². The average molecular weight is 577 g/mol. The number of hydrogen-bond donors (Lipinski definition) is 1. The monoisotopic (exact) mass is 577 g/mol. The number of carbonyl (C=O) groups excluding carboxylic acids is 1. The minimum absolute atomic E-state index is 0.0219. The van der Waals surface area contributed by atoms with Crippen molar-refractivity contribution in [3.63, 3.8) is 0 Å². The summed E-state index contributed by atoms with van der Waals surface area (Å²) in [6.45, 7) is -2.81. The Hall–Kier alpha value is -2.81. The molecule has 0 atom stereocenters. The van der Waals surface area contributed by atoms with Crippen molar-refractivity contribution in [1.82, 2.24) is 0 Å². The van der Waals surface area contributed by atoms with Crippen LogP contribution in [0.15, 0.2) is 53.4 Å². The van der Waals surface area contributed by atoms with E-state index in [0.29, 0.717) is 17.7 Å². The van der Waals surface area contributed by atoms with Crippen LogP contribution < -0.4 is 5.32 Å². The molecular formula is C23H20F9NO4S. The molecule has 0 radical (unpaired) electrons. The zero-order valence-corrected chi connectivity index (χ0v) is 20.0. The van der Waals surface area contributed by atoms with Crippen molar-refractivity contribution in [1.29, 1.82) is 0 Å². The topological polar surface area (TPSA) is 72.5 Å². The Labute approximate surface area is 210 Å². The Morgan fingerprint density at radius 1 is 0.842 bits per heavy atom. The first kappa shape index (κ1) is 29.7. The molecule has 1 amide bonds. The van der Waals surface area contributed by atoms with Crippen molar-refractivity contribution in [2.75, 3.05) is 17.7 Å². The van der Waals surface area contributed by atoms with Crippen molar-refractivity contribution in [2.45, 2.75) is 48.3 Å². The van der Waals surface area contributed by atoms with Crippen molar-refractivity contribution < 1.29 is 57.5 Å². The van der Waals surface area contributed by atoms with E-state index in [4.69, 9.17) is 0 Å². The third kappa shape index (κ3) is 6.98. The average Bonchev–Trinajstić information content (AvgIpc) is 3.56. The van der Waals surface area contributed by atoms with E-state index >= 15 is 0 Å². The molecule has 2 aromatic carbocycles. The molecule has 15 heteroatoms. The lowest BCUT2D eigenvalue weighted by Crippen LogP contribution is -2.56. The predicted octanol–water partition coefficient (Wildman–Crippen LogP) is 5.95. The molecule has 210 valence electrons. The minimum atomic E-state index is -6.31. The Balaban J connectivity index is 1.74. The fraction of sp³-hybridized carbons (Fsp3) is 0.435. The summed E-state index contributed by atoms with van der Waals surface area (Å²) in [5, 5.41) is 2.24. The van der Waals surface area contributed by atoms with Crippen molar-refractivity contribution in [2.24, 2.45) is 5.92 Å². The zero-order chi connectivity index (χ0) is 28.6. The van der Waals surface area contributed by atoms with Gasteiger partial charge in [-0.05, 0) is 48.6 Å². The summed E-state index contributed by atoms with van der Waals surface area (Å²) in [6.07, 6.45) is -16.7. The number of benzene rings is 2.